The zero-order valence-corrected chi connectivity index (χ0v) is 6.77. The summed E-state index contributed by atoms with van der Waals surface area (Å²) in [5, 5.41) is 7.18. The van der Waals surface area contributed by atoms with E-state index in [2.05, 4.69) is 32.4 Å². The Morgan fingerprint density at radius 2 is 1.78 bits per heavy atom. The van der Waals surface area contributed by atoms with Crippen molar-refractivity contribution in [2.75, 3.05) is 0 Å². The minimum Gasteiger partial charge on any atom is -0.469 e. The van der Waals surface area contributed by atoms with Crippen molar-refractivity contribution in [1.82, 2.24) is 0 Å². The summed E-state index contributed by atoms with van der Waals surface area (Å²) >= 11 is 4.19. The van der Waals surface area contributed by atoms with Gasteiger partial charge in [0.2, 0.25) is 0 Å². The SMILES string of the molecule is CCC(C)C.O=C(O)Cl. The normalized spacial score (nSPS) is 8.11. The van der Waals surface area contributed by atoms with Crippen molar-refractivity contribution in [1.29, 1.82) is 0 Å². The Kier molecular flexibility index (Phi) is 9.95. The van der Waals surface area contributed by atoms with Gasteiger partial charge < -0.3 is 5.11 Å². The molecule has 2 nitrogen and oxygen atoms in total. The maximum absolute atomic E-state index is 8.77. The lowest BCUT2D eigenvalue weighted by Gasteiger charge is -1.90. The van der Waals surface area contributed by atoms with Gasteiger partial charge in [-0.15, -0.1) is 0 Å². The molecule has 0 aromatic carbocycles. The average molecular weight is 153 g/mol. The van der Waals surface area contributed by atoms with Gasteiger partial charge in [-0.05, 0) is 5.92 Å². The van der Waals surface area contributed by atoms with Crippen LogP contribution in [0.3, 0.4) is 0 Å². The van der Waals surface area contributed by atoms with E-state index in [1.165, 1.54) is 6.42 Å². The number of halogens is 1. The molecule has 3 heteroatoms. The van der Waals surface area contributed by atoms with Crippen molar-refractivity contribution >= 4 is 17.0 Å². The maximum atomic E-state index is 8.77. The van der Waals surface area contributed by atoms with Crippen molar-refractivity contribution in [3.8, 4) is 0 Å². The molecular weight excluding hydrogens is 140 g/mol. The Hall–Kier alpha value is -0.240. The first-order chi connectivity index (χ1) is 4.00. The molecule has 0 aliphatic heterocycles. The van der Waals surface area contributed by atoms with E-state index in [9.17, 15) is 0 Å². The fourth-order valence-corrected chi connectivity index (χ4v) is 0. The molecule has 0 heterocycles. The highest BCUT2D eigenvalue weighted by molar-refractivity contribution is 6.60. The minimum absolute atomic E-state index is 0.884. The van der Waals surface area contributed by atoms with Crippen molar-refractivity contribution < 1.29 is 9.90 Å². The van der Waals surface area contributed by atoms with Gasteiger partial charge in [-0.1, -0.05) is 27.2 Å². The van der Waals surface area contributed by atoms with E-state index in [0.717, 1.165) is 5.92 Å². The molecule has 0 fully saturated rings. The highest BCUT2D eigenvalue weighted by Gasteiger charge is 1.80. The fraction of sp³-hybridized carbons (Fsp3) is 0.833. The largest absolute Gasteiger partial charge is 0.469 e. The Morgan fingerprint density at radius 3 is 1.78 bits per heavy atom. The van der Waals surface area contributed by atoms with Crippen LogP contribution in [0.15, 0.2) is 0 Å². The van der Waals surface area contributed by atoms with Gasteiger partial charge in [0.05, 0.1) is 0 Å². The monoisotopic (exact) mass is 152 g/mol. The van der Waals surface area contributed by atoms with Crippen LogP contribution in [-0.2, 0) is 0 Å². The number of carbonyl (C=O) groups is 1. The lowest BCUT2D eigenvalue weighted by molar-refractivity contribution is 0.220. The van der Waals surface area contributed by atoms with E-state index < -0.39 is 5.43 Å². The van der Waals surface area contributed by atoms with Gasteiger partial charge in [-0.3, -0.25) is 0 Å². The minimum atomic E-state index is -1.36. The number of hydrogen-bond acceptors (Lipinski definition) is 1. The summed E-state index contributed by atoms with van der Waals surface area (Å²) < 4.78 is 0. The van der Waals surface area contributed by atoms with Crippen LogP contribution in [0.25, 0.3) is 0 Å². The van der Waals surface area contributed by atoms with Crippen LogP contribution in [0.1, 0.15) is 27.2 Å². The van der Waals surface area contributed by atoms with Crippen molar-refractivity contribution in [2.24, 2.45) is 5.92 Å². The number of rotatable bonds is 1. The molecule has 0 spiro atoms. The van der Waals surface area contributed by atoms with Gasteiger partial charge >= 0.3 is 5.43 Å². The van der Waals surface area contributed by atoms with E-state index in [0.29, 0.717) is 0 Å². The van der Waals surface area contributed by atoms with Crippen LogP contribution in [0.4, 0.5) is 4.79 Å². The molecule has 0 aromatic rings. The predicted octanol–water partition coefficient (Wildman–Crippen LogP) is 2.96. The van der Waals surface area contributed by atoms with Gasteiger partial charge in [-0.2, -0.15) is 0 Å². The molecule has 0 aliphatic carbocycles. The molecule has 0 aliphatic rings. The molecule has 0 bridgehead atoms. The molecule has 0 radical (unpaired) electrons. The molecule has 0 rings (SSSR count). The Labute approximate surface area is 60.8 Å². The Bertz CT molecular complexity index is 67.5. The van der Waals surface area contributed by atoms with Crippen LogP contribution in [0.5, 0.6) is 0 Å². The molecular formula is C6H13ClO2. The molecule has 0 saturated heterocycles. The lowest BCUT2D eigenvalue weighted by atomic mass is 10.2. The summed E-state index contributed by atoms with van der Waals surface area (Å²) in [6.45, 7) is 6.64. The highest BCUT2D eigenvalue weighted by atomic mass is 35.5. The van der Waals surface area contributed by atoms with Crippen molar-refractivity contribution in [3.05, 3.63) is 0 Å². The summed E-state index contributed by atoms with van der Waals surface area (Å²) in [5.41, 5.74) is -1.36. The third kappa shape index (κ3) is 83.1. The first-order valence-electron chi connectivity index (χ1n) is 2.89. The molecule has 0 amide bonds. The molecule has 0 saturated carbocycles. The maximum Gasteiger partial charge on any atom is 0.401 e. The van der Waals surface area contributed by atoms with Gasteiger partial charge in [0, 0.05) is 11.6 Å². The summed E-state index contributed by atoms with van der Waals surface area (Å²) in [6, 6.07) is 0. The topological polar surface area (TPSA) is 37.3 Å². The van der Waals surface area contributed by atoms with Crippen LogP contribution < -0.4 is 0 Å². The van der Waals surface area contributed by atoms with E-state index in [1.807, 2.05) is 0 Å². The van der Waals surface area contributed by atoms with Gasteiger partial charge in [-0.25, -0.2) is 4.79 Å². The summed E-state index contributed by atoms with van der Waals surface area (Å²) in [4.78, 5) is 8.77. The highest BCUT2D eigenvalue weighted by Crippen LogP contribution is 1.93. The standard InChI is InChI=1S/C5H12.CHClO2/c1-4-5(2)3;2-1(3)4/h5H,4H2,1-3H3;(H,3,4). The molecule has 1 N–H and O–H groups in total. The first-order valence-corrected chi connectivity index (χ1v) is 3.26. The quantitative estimate of drug-likeness (QED) is 0.587. The average Bonchev–Trinajstić information content (AvgIpc) is 1.65. The predicted molar refractivity (Wildman–Crippen MR) is 39.0 cm³/mol. The van der Waals surface area contributed by atoms with Crippen molar-refractivity contribution in [2.45, 2.75) is 27.2 Å². The van der Waals surface area contributed by atoms with E-state index in [4.69, 9.17) is 9.90 Å². The van der Waals surface area contributed by atoms with Gasteiger partial charge in [0.25, 0.3) is 0 Å². The molecule has 0 unspecified atom stereocenters. The van der Waals surface area contributed by atoms with Crippen LogP contribution in [0, 0.1) is 5.92 Å². The van der Waals surface area contributed by atoms with E-state index in [-0.39, 0.29) is 0 Å². The Balaban J connectivity index is 0. The molecule has 0 aromatic heterocycles. The zero-order chi connectivity index (χ0) is 7.86. The molecule has 9 heavy (non-hydrogen) atoms. The second-order valence-corrected chi connectivity index (χ2v) is 2.38. The third-order valence-electron chi connectivity index (χ3n) is 0.816. The smallest absolute Gasteiger partial charge is 0.401 e. The van der Waals surface area contributed by atoms with E-state index >= 15 is 0 Å². The number of carboxylic acid groups (broad SMARTS) is 1. The second-order valence-electron chi connectivity index (χ2n) is 2.06. The second kappa shape index (κ2) is 7.76. The van der Waals surface area contributed by atoms with Gasteiger partial charge in [0.15, 0.2) is 0 Å². The lowest BCUT2D eigenvalue weighted by Crippen LogP contribution is -1.77. The van der Waals surface area contributed by atoms with Crippen LogP contribution >= 0.6 is 11.6 Å². The summed E-state index contributed by atoms with van der Waals surface area (Å²) in [6.07, 6.45) is 1.31. The number of hydrogen-bond donors (Lipinski definition) is 1. The van der Waals surface area contributed by atoms with Crippen molar-refractivity contribution in [3.63, 3.8) is 0 Å². The van der Waals surface area contributed by atoms with Crippen LogP contribution in [-0.4, -0.2) is 10.5 Å². The molecule has 56 valence electrons. The summed E-state index contributed by atoms with van der Waals surface area (Å²) in [7, 11) is 0. The van der Waals surface area contributed by atoms with E-state index in [1.54, 1.807) is 0 Å². The first kappa shape index (κ1) is 11.5. The molecule has 0 atom stereocenters. The fourth-order valence-electron chi connectivity index (χ4n) is 0. The summed E-state index contributed by atoms with van der Waals surface area (Å²) in [5.74, 6) is 0.884. The zero-order valence-electron chi connectivity index (χ0n) is 6.02. The van der Waals surface area contributed by atoms with Crippen LogP contribution in [0.2, 0.25) is 0 Å². The third-order valence-corrected chi connectivity index (χ3v) is 0.816. The van der Waals surface area contributed by atoms with Gasteiger partial charge in [0.1, 0.15) is 0 Å². The Morgan fingerprint density at radius 1 is 1.67 bits per heavy atom.